The molecule has 1 aromatic carbocycles. The minimum absolute atomic E-state index is 0.0518. The predicted octanol–water partition coefficient (Wildman–Crippen LogP) is 2.78. The number of aliphatic hydroxyl groups is 1. The van der Waals surface area contributed by atoms with Crippen LogP contribution in [0.25, 0.3) is 5.69 Å². The zero-order chi connectivity index (χ0) is 19.4. The summed E-state index contributed by atoms with van der Waals surface area (Å²) in [5.74, 6) is -0.572. The Morgan fingerprint density at radius 1 is 1.33 bits per heavy atom. The van der Waals surface area contributed by atoms with Gasteiger partial charge < -0.3 is 15.2 Å². The average molecular weight is 392 g/mol. The Labute approximate surface area is 161 Å². The quantitative estimate of drug-likeness (QED) is 0.761. The van der Waals surface area contributed by atoms with Crippen molar-refractivity contribution in [2.24, 2.45) is 0 Å². The van der Waals surface area contributed by atoms with Gasteiger partial charge in [0.05, 0.1) is 35.8 Å². The number of para-hydroxylation sites is 1. The predicted molar refractivity (Wildman–Crippen MR) is 103 cm³/mol. The van der Waals surface area contributed by atoms with Crippen molar-refractivity contribution in [1.82, 2.24) is 9.78 Å². The SMILES string of the molecule is COC(=O)c1ccccc1-n1ncc(NCC2(O)CCCCC2)c(Cl)c1=O. The number of nitrogens with zero attached hydrogens (tertiary/aromatic N) is 2. The maximum atomic E-state index is 12.7. The van der Waals surface area contributed by atoms with E-state index >= 15 is 0 Å². The third kappa shape index (κ3) is 4.14. The van der Waals surface area contributed by atoms with Gasteiger partial charge in [-0.2, -0.15) is 9.78 Å². The average Bonchev–Trinajstić information content (AvgIpc) is 2.69. The number of benzene rings is 1. The number of hydrogen-bond acceptors (Lipinski definition) is 6. The molecular formula is C19H22ClN3O4. The van der Waals surface area contributed by atoms with Gasteiger partial charge >= 0.3 is 5.97 Å². The highest BCUT2D eigenvalue weighted by atomic mass is 35.5. The van der Waals surface area contributed by atoms with Crippen LogP contribution >= 0.6 is 11.6 Å². The van der Waals surface area contributed by atoms with Crippen LogP contribution in [0, 0.1) is 0 Å². The summed E-state index contributed by atoms with van der Waals surface area (Å²) in [7, 11) is 1.27. The number of aromatic nitrogens is 2. The Bertz CT molecular complexity index is 891. The number of anilines is 1. The van der Waals surface area contributed by atoms with E-state index in [2.05, 4.69) is 10.4 Å². The monoisotopic (exact) mass is 391 g/mol. The van der Waals surface area contributed by atoms with E-state index in [1.54, 1.807) is 24.3 Å². The highest BCUT2D eigenvalue weighted by Gasteiger charge is 2.29. The van der Waals surface area contributed by atoms with Crippen LogP contribution in [-0.2, 0) is 4.74 Å². The highest BCUT2D eigenvalue weighted by molar-refractivity contribution is 6.33. The van der Waals surface area contributed by atoms with Gasteiger partial charge in [-0.15, -0.1) is 0 Å². The maximum Gasteiger partial charge on any atom is 0.340 e. The van der Waals surface area contributed by atoms with Crippen LogP contribution in [0.15, 0.2) is 35.3 Å². The standard InChI is InChI=1S/C19H22ClN3O4/c1-27-18(25)13-7-3-4-8-15(13)23-17(24)16(20)14(11-22-23)21-12-19(26)9-5-2-6-10-19/h3-4,7-8,11,21,26H,2,5-6,9-10,12H2,1H3. The van der Waals surface area contributed by atoms with Crippen LogP contribution < -0.4 is 10.9 Å². The van der Waals surface area contributed by atoms with E-state index in [1.165, 1.54) is 13.3 Å². The van der Waals surface area contributed by atoms with Gasteiger partial charge in [0.15, 0.2) is 0 Å². The molecule has 0 radical (unpaired) electrons. The van der Waals surface area contributed by atoms with Gasteiger partial charge in [-0.1, -0.05) is 43.0 Å². The molecule has 2 N–H and O–H groups in total. The van der Waals surface area contributed by atoms with Crippen LogP contribution in [0.3, 0.4) is 0 Å². The minimum Gasteiger partial charge on any atom is -0.465 e. The van der Waals surface area contributed by atoms with Gasteiger partial charge in [0, 0.05) is 6.54 Å². The molecule has 2 aromatic rings. The molecule has 1 aliphatic rings. The first kappa shape index (κ1) is 19.4. The first-order valence-electron chi connectivity index (χ1n) is 8.87. The molecule has 0 atom stereocenters. The molecule has 0 amide bonds. The largest absolute Gasteiger partial charge is 0.465 e. The number of carbonyl (C=O) groups is 1. The number of hydrogen-bond donors (Lipinski definition) is 2. The third-order valence-corrected chi connectivity index (χ3v) is 5.21. The second-order valence-corrected chi connectivity index (χ2v) is 7.11. The lowest BCUT2D eigenvalue weighted by Crippen LogP contribution is -2.39. The summed E-state index contributed by atoms with van der Waals surface area (Å²) < 4.78 is 5.82. The van der Waals surface area contributed by atoms with Crippen LogP contribution in [0.2, 0.25) is 5.02 Å². The van der Waals surface area contributed by atoms with Gasteiger partial charge in [0.2, 0.25) is 0 Å². The number of methoxy groups -OCH3 is 1. The molecule has 1 saturated carbocycles. The Hall–Kier alpha value is -2.38. The summed E-state index contributed by atoms with van der Waals surface area (Å²) in [6.45, 7) is 0.302. The Balaban J connectivity index is 1.88. The van der Waals surface area contributed by atoms with Gasteiger partial charge in [-0.25, -0.2) is 4.79 Å². The first-order valence-corrected chi connectivity index (χ1v) is 9.25. The van der Waals surface area contributed by atoms with Gasteiger partial charge in [0.1, 0.15) is 5.02 Å². The van der Waals surface area contributed by atoms with Gasteiger partial charge in [-0.05, 0) is 25.0 Å². The number of rotatable bonds is 5. The molecule has 1 aromatic heterocycles. The molecule has 144 valence electrons. The van der Waals surface area contributed by atoms with Crippen LogP contribution in [0.4, 0.5) is 5.69 Å². The second kappa shape index (κ2) is 8.10. The molecule has 0 aliphatic heterocycles. The van der Waals surface area contributed by atoms with Crippen molar-refractivity contribution < 1.29 is 14.6 Å². The molecule has 0 bridgehead atoms. The molecule has 1 aliphatic carbocycles. The smallest absolute Gasteiger partial charge is 0.340 e. The summed E-state index contributed by atoms with van der Waals surface area (Å²) in [6.07, 6.45) is 5.94. The molecule has 3 rings (SSSR count). The van der Waals surface area contributed by atoms with E-state index in [9.17, 15) is 14.7 Å². The van der Waals surface area contributed by atoms with Crippen molar-refractivity contribution in [3.63, 3.8) is 0 Å². The Morgan fingerprint density at radius 3 is 2.74 bits per heavy atom. The van der Waals surface area contributed by atoms with Crippen molar-refractivity contribution >= 4 is 23.3 Å². The van der Waals surface area contributed by atoms with Crippen molar-refractivity contribution in [1.29, 1.82) is 0 Å². The number of nitrogens with one attached hydrogen (secondary N) is 1. The van der Waals surface area contributed by atoms with E-state index in [4.69, 9.17) is 16.3 Å². The van der Waals surface area contributed by atoms with Crippen molar-refractivity contribution in [3.05, 3.63) is 51.4 Å². The molecule has 1 fully saturated rings. The van der Waals surface area contributed by atoms with E-state index < -0.39 is 17.1 Å². The van der Waals surface area contributed by atoms with Gasteiger partial charge in [-0.3, -0.25) is 4.79 Å². The van der Waals surface area contributed by atoms with E-state index in [0.29, 0.717) is 25.1 Å². The number of halogens is 1. The molecule has 0 unspecified atom stereocenters. The number of esters is 1. The molecule has 7 nitrogen and oxygen atoms in total. The van der Waals surface area contributed by atoms with E-state index in [0.717, 1.165) is 23.9 Å². The molecule has 0 saturated heterocycles. The normalized spacial score (nSPS) is 16.0. The van der Waals surface area contributed by atoms with Crippen molar-refractivity contribution in [3.8, 4) is 5.69 Å². The summed E-state index contributed by atoms with van der Waals surface area (Å²) in [6, 6.07) is 6.50. The minimum atomic E-state index is -0.798. The Kier molecular flexibility index (Phi) is 5.82. The van der Waals surface area contributed by atoms with Crippen LogP contribution in [0.5, 0.6) is 0 Å². The molecule has 8 heteroatoms. The summed E-state index contributed by atoms with van der Waals surface area (Å²) in [5.41, 5.74) is -0.508. The molecular weight excluding hydrogens is 370 g/mol. The van der Waals surface area contributed by atoms with Crippen LogP contribution in [-0.4, -0.2) is 40.1 Å². The first-order chi connectivity index (χ1) is 12.9. The van der Waals surface area contributed by atoms with Gasteiger partial charge in [0.25, 0.3) is 5.56 Å². The van der Waals surface area contributed by atoms with E-state index in [1.807, 2.05) is 0 Å². The lowest BCUT2D eigenvalue weighted by molar-refractivity contribution is 0.0167. The summed E-state index contributed by atoms with van der Waals surface area (Å²) in [4.78, 5) is 24.6. The molecule has 27 heavy (non-hydrogen) atoms. The van der Waals surface area contributed by atoms with Crippen molar-refractivity contribution in [2.75, 3.05) is 19.0 Å². The third-order valence-electron chi connectivity index (χ3n) is 4.85. The zero-order valence-corrected chi connectivity index (χ0v) is 15.8. The highest BCUT2D eigenvalue weighted by Crippen LogP contribution is 2.29. The number of carbonyl (C=O) groups excluding carboxylic acids is 1. The van der Waals surface area contributed by atoms with E-state index in [-0.39, 0.29) is 16.3 Å². The van der Waals surface area contributed by atoms with Crippen molar-refractivity contribution in [2.45, 2.75) is 37.7 Å². The zero-order valence-electron chi connectivity index (χ0n) is 15.1. The molecule has 1 heterocycles. The second-order valence-electron chi connectivity index (χ2n) is 6.74. The Morgan fingerprint density at radius 2 is 2.04 bits per heavy atom. The lowest BCUT2D eigenvalue weighted by Gasteiger charge is -2.32. The summed E-state index contributed by atoms with van der Waals surface area (Å²) in [5, 5.41) is 17.7. The van der Waals surface area contributed by atoms with Crippen LogP contribution in [0.1, 0.15) is 42.5 Å². The lowest BCUT2D eigenvalue weighted by atomic mass is 9.85. The molecule has 0 spiro atoms. The fourth-order valence-corrected chi connectivity index (χ4v) is 3.51. The maximum absolute atomic E-state index is 12.7. The fraction of sp³-hybridized carbons (Fsp3) is 0.421. The number of ether oxygens (including phenoxy) is 1. The fourth-order valence-electron chi connectivity index (χ4n) is 3.31. The topological polar surface area (TPSA) is 93.5 Å². The summed E-state index contributed by atoms with van der Waals surface area (Å²) >= 11 is 6.24.